The molecular weight excluding hydrogens is 302 g/mol. The first-order chi connectivity index (χ1) is 9.29. The molecule has 2 aliphatic rings. The molecule has 0 aromatic heterocycles. The monoisotopic (exact) mass is 323 g/mol. The van der Waals surface area contributed by atoms with Crippen molar-refractivity contribution in [1.29, 1.82) is 0 Å². The Kier molecular flexibility index (Phi) is 4.13. The van der Waals surface area contributed by atoms with Crippen LogP contribution in [0.5, 0.6) is 5.75 Å². The predicted molar refractivity (Wildman–Crippen MR) is 82.0 cm³/mol. The summed E-state index contributed by atoms with van der Waals surface area (Å²) < 4.78 is 6.90. The molecule has 1 fully saturated rings. The van der Waals surface area contributed by atoms with Crippen molar-refractivity contribution in [2.45, 2.75) is 38.5 Å². The van der Waals surface area contributed by atoms with Crippen molar-refractivity contribution in [3.8, 4) is 5.75 Å². The number of halogens is 1. The van der Waals surface area contributed by atoms with Gasteiger partial charge in [-0.3, -0.25) is 0 Å². The van der Waals surface area contributed by atoms with Gasteiger partial charge in [-0.25, -0.2) is 0 Å². The van der Waals surface area contributed by atoms with Gasteiger partial charge >= 0.3 is 0 Å². The molecule has 0 saturated carbocycles. The van der Waals surface area contributed by atoms with Crippen molar-refractivity contribution in [2.75, 3.05) is 20.2 Å². The number of methoxy groups -OCH3 is 1. The third-order valence-corrected chi connectivity index (χ3v) is 5.38. The predicted octanol–water partition coefficient (Wildman–Crippen LogP) is 3.49. The summed E-state index contributed by atoms with van der Waals surface area (Å²) in [5.41, 5.74) is 4.42. The molecule has 19 heavy (non-hydrogen) atoms. The minimum Gasteiger partial charge on any atom is -0.495 e. The Balaban J connectivity index is 1.89. The summed E-state index contributed by atoms with van der Waals surface area (Å²) in [5, 5.41) is 3.44. The first-order valence-corrected chi connectivity index (χ1v) is 8.16. The minimum atomic E-state index is 0.807. The van der Waals surface area contributed by atoms with Crippen LogP contribution in [0.4, 0.5) is 0 Å². The van der Waals surface area contributed by atoms with E-state index in [2.05, 4.69) is 27.3 Å². The average Bonchev–Trinajstić information content (AvgIpc) is 2.89. The second kappa shape index (κ2) is 5.84. The van der Waals surface area contributed by atoms with Crippen molar-refractivity contribution in [2.24, 2.45) is 5.92 Å². The molecule has 0 atom stereocenters. The lowest BCUT2D eigenvalue weighted by Crippen LogP contribution is -2.28. The summed E-state index contributed by atoms with van der Waals surface area (Å²) >= 11 is 3.77. The number of aryl methyl sites for hydroxylation is 1. The van der Waals surface area contributed by atoms with Gasteiger partial charge in [-0.05, 0) is 90.2 Å². The number of fused-ring (bicyclic) bond motifs is 1. The van der Waals surface area contributed by atoms with Gasteiger partial charge < -0.3 is 10.1 Å². The fraction of sp³-hybridized carbons (Fsp3) is 0.625. The van der Waals surface area contributed by atoms with Crippen LogP contribution in [0.15, 0.2) is 10.5 Å². The molecule has 1 N–H and O–H groups in total. The van der Waals surface area contributed by atoms with Crippen LogP contribution in [-0.4, -0.2) is 20.2 Å². The quantitative estimate of drug-likeness (QED) is 0.919. The molecule has 3 heteroatoms. The SMILES string of the molecule is COc1c(CC2CCNCC2)cc2c(c1Br)CCC2. The lowest BCUT2D eigenvalue weighted by Gasteiger charge is -2.24. The Bertz CT molecular complexity index is 466. The topological polar surface area (TPSA) is 21.3 Å². The number of nitrogens with one attached hydrogen (secondary N) is 1. The Morgan fingerprint density at radius 3 is 2.84 bits per heavy atom. The standard InChI is InChI=1S/C16H22BrNO/c1-19-16-13(9-11-5-7-18-8-6-11)10-12-3-2-4-14(12)15(16)17/h10-11,18H,2-9H2,1H3. The van der Waals surface area contributed by atoms with Crippen LogP contribution in [0, 0.1) is 5.92 Å². The van der Waals surface area contributed by atoms with E-state index in [1.54, 1.807) is 7.11 Å². The molecule has 1 aliphatic heterocycles. The summed E-state index contributed by atoms with van der Waals surface area (Å²) in [6.45, 7) is 2.33. The Hall–Kier alpha value is -0.540. The van der Waals surface area contributed by atoms with Gasteiger partial charge in [0.25, 0.3) is 0 Å². The van der Waals surface area contributed by atoms with Crippen LogP contribution < -0.4 is 10.1 Å². The largest absolute Gasteiger partial charge is 0.495 e. The molecule has 2 nitrogen and oxygen atoms in total. The molecule has 1 aliphatic carbocycles. The molecule has 0 bridgehead atoms. The van der Waals surface area contributed by atoms with Crippen molar-refractivity contribution < 1.29 is 4.74 Å². The van der Waals surface area contributed by atoms with Gasteiger partial charge in [0.05, 0.1) is 11.6 Å². The Morgan fingerprint density at radius 1 is 1.32 bits per heavy atom. The second-order valence-electron chi connectivity index (χ2n) is 5.77. The van der Waals surface area contributed by atoms with Crippen molar-refractivity contribution >= 4 is 15.9 Å². The number of hydrogen-bond donors (Lipinski definition) is 1. The van der Waals surface area contributed by atoms with E-state index in [-0.39, 0.29) is 0 Å². The van der Waals surface area contributed by atoms with E-state index in [0.717, 1.165) is 18.1 Å². The highest BCUT2D eigenvalue weighted by atomic mass is 79.9. The lowest BCUT2D eigenvalue weighted by molar-refractivity contribution is 0.360. The zero-order valence-corrected chi connectivity index (χ0v) is 13.2. The molecule has 0 radical (unpaired) electrons. The van der Waals surface area contributed by atoms with E-state index in [4.69, 9.17) is 4.74 Å². The summed E-state index contributed by atoms with van der Waals surface area (Å²) in [7, 11) is 1.80. The minimum absolute atomic E-state index is 0.807. The Morgan fingerprint density at radius 2 is 2.11 bits per heavy atom. The maximum absolute atomic E-state index is 5.68. The van der Waals surface area contributed by atoms with Gasteiger partial charge in [0, 0.05) is 0 Å². The van der Waals surface area contributed by atoms with Crippen LogP contribution >= 0.6 is 15.9 Å². The highest BCUT2D eigenvalue weighted by molar-refractivity contribution is 9.10. The van der Waals surface area contributed by atoms with E-state index >= 15 is 0 Å². The number of ether oxygens (including phenoxy) is 1. The van der Waals surface area contributed by atoms with E-state index in [0.29, 0.717) is 0 Å². The lowest BCUT2D eigenvalue weighted by atomic mass is 9.89. The first-order valence-electron chi connectivity index (χ1n) is 7.37. The van der Waals surface area contributed by atoms with E-state index in [1.165, 1.54) is 66.4 Å². The average molecular weight is 324 g/mol. The van der Waals surface area contributed by atoms with Gasteiger partial charge in [0.2, 0.25) is 0 Å². The molecule has 1 saturated heterocycles. The zero-order valence-electron chi connectivity index (χ0n) is 11.6. The van der Waals surface area contributed by atoms with Gasteiger partial charge in [0.15, 0.2) is 0 Å². The maximum atomic E-state index is 5.68. The van der Waals surface area contributed by atoms with E-state index in [9.17, 15) is 0 Å². The number of hydrogen-bond acceptors (Lipinski definition) is 2. The molecule has 104 valence electrons. The normalized spacial score (nSPS) is 19.5. The second-order valence-corrected chi connectivity index (χ2v) is 6.56. The van der Waals surface area contributed by atoms with Crippen molar-refractivity contribution in [3.05, 3.63) is 27.2 Å². The van der Waals surface area contributed by atoms with Crippen LogP contribution in [0.2, 0.25) is 0 Å². The van der Waals surface area contributed by atoms with Crippen LogP contribution in [0.3, 0.4) is 0 Å². The fourth-order valence-corrected chi connectivity index (χ4v) is 4.37. The molecule has 0 amide bonds. The van der Waals surface area contributed by atoms with Crippen LogP contribution in [0.25, 0.3) is 0 Å². The number of benzene rings is 1. The third-order valence-electron chi connectivity index (χ3n) is 4.54. The Labute approximate surface area is 124 Å². The van der Waals surface area contributed by atoms with E-state index < -0.39 is 0 Å². The smallest absolute Gasteiger partial charge is 0.136 e. The third kappa shape index (κ3) is 2.68. The molecule has 1 aromatic carbocycles. The van der Waals surface area contributed by atoms with Gasteiger partial charge in [-0.15, -0.1) is 0 Å². The zero-order chi connectivity index (χ0) is 13.2. The maximum Gasteiger partial charge on any atom is 0.136 e. The van der Waals surface area contributed by atoms with Gasteiger partial charge in [-0.1, -0.05) is 6.07 Å². The summed E-state index contributed by atoms with van der Waals surface area (Å²) in [6.07, 6.45) is 7.46. The highest BCUT2D eigenvalue weighted by Gasteiger charge is 2.23. The molecule has 1 heterocycles. The van der Waals surface area contributed by atoms with Crippen LogP contribution in [0.1, 0.15) is 36.0 Å². The summed E-state index contributed by atoms with van der Waals surface area (Å²) in [5.74, 6) is 1.89. The van der Waals surface area contributed by atoms with Gasteiger partial charge in [-0.2, -0.15) is 0 Å². The number of piperidine rings is 1. The van der Waals surface area contributed by atoms with E-state index in [1.807, 2.05) is 0 Å². The summed E-state index contributed by atoms with van der Waals surface area (Å²) in [6, 6.07) is 2.41. The highest BCUT2D eigenvalue weighted by Crippen LogP contribution is 2.40. The molecule has 0 unspecified atom stereocenters. The van der Waals surface area contributed by atoms with Gasteiger partial charge in [0.1, 0.15) is 5.75 Å². The first kappa shape index (κ1) is 13.4. The van der Waals surface area contributed by atoms with Crippen molar-refractivity contribution in [1.82, 2.24) is 5.32 Å². The molecule has 3 rings (SSSR count). The van der Waals surface area contributed by atoms with Crippen LogP contribution in [-0.2, 0) is 19.3 Å². The molecule has 0 spiro atoms. The van der Waals surface area contributed by atoms with Crippen molar-refractivity contribution in [3.63, 3.8) is 0 Å². The summed E-state index contributed by atoms with van der Waals surface area (Å²) in [4.78, 5) is 0. The number of rotatable bonds is 3. The molecule has 1 aromatic rings. The molecular formula is C16H22BrNO. The fourth-order valence-electron chi connectivity index (χ4n) is 3.50.